The maximum absolute atomic E-state index is 9.25. The maximum atomic E-state index is 9.25. The molecule has 1 aliphatic heterocycles. The zero-order chi connectivity index (χ0) is 13.8. The van der Waals surface area contributed by atoms with Gasteiger partial charge in [-0.05, 0) is 18.7 Å². The highest BCUT2D eigenvalue weighted by atomic mass is 16.5. The molecule has 5 heteroatoms. The minimum Gasteiger partial charge on any atom is -0.497 e. The predicted octanol–water partition coefficient (Wildman–Crippen LogP) is 1.42. The molecule has 0 amide bonds. The molecule has 2 rings (SSSR count). The molecule has 0 spiro atoms. The van der Waals surface area contributed by atoms with E-state index in [4.69, 9.17) is 14.2 Å². The monoisotopic (exact) mass is 267 g/mol. The molecular formula is C14H21NO4. The highest BCUT2D eigenvalue weighted by Gasteiger charge is 2.34. The van der Waals surface area contributed by atoms with Crippen LogP contribution in [0.25, 0.3) is 0 Å². The average molecular weight is 267 g/mol. The van der Waals surface area contributed by atoms with Gasteiger partial charge in [0.1, 0.15) is 17.7 Å². The highest BCUT2D eigenvalue weighted by molar-refractivity contribution is 5.42. The van der Waals surface area contributed by atoms with Crippen molar-refractivity contribution in [2.45, 2.75) is 19.3 Å². The van der Waals surface area contributed by atoms with Crippen molar-refractivity contribution in [3.05, 3.63) is 23.8 Å². The Balaban J connectivity index is 2.29. The molecule has 1 aromatic rings. The number of likely N-dealkylation sites (N-methyl/N-ethyl adjacent to an activating group) is 1. The Hall–Kier alpha value is -1.30. The molecule has 2 atom stereocenters. The van der Waals surface area contributed by atoms with Gasteiger partial charge in [-0.1, -0.05) is 6.92 Å². The van der Waals surface area contributed by atoms with Crippen LogP contribution >= 0.6 is 0 Å². The van der Waals surface area contributed by atoms with E-state index in [0.29, 0.717) is 0 Å². The molecule has 1 N–H and O–H groups in total. The minimum atomic E-state index is -0.178. The SMILES string of the molecule is CCN1CC(CO)OC1c1ccc(OC)cc1OC. The summed E-state index contributed by atoms with van der Waals surface area (Å²) in [6.45, 7) is 3.70. The van der Waals surface area contributed by atoms with Crippen LogP contribution in [0, 0.1) is 0 Å². The van der Waals surface area contributed by atoms with Gasteiger partial charge in [0.2, 0.25) is 0 Å². The molecule has 0 bridgehead atoms. The van der Waals surface area contributed by atoms with Crippen molar-refractivity contribution in [2.75, 3.05) is 33.9 Å². The molecule has 0 aliphatic carbocycles. The second-order valence-corrected chi connectivity index (χ2v) is 4.49. The second kappa shape index (κ2) is 6.23. The van der Waals surface area contributed by atoms with E-state index < -0.39 is 0 Å². The number of aliphatic hydroxyl groups excluding tert-OH is 1. The topological polar surface area (TPSA) is 51.2 Å². The number of rotatable bonds is 5. The number of benzene rings is 1. The van der Waals surface area contributed by atoms with Gasteiger partial charge in [-0.2, -0.15) is 0 Å². The maximum Gasteiger partial charge on any atom is 0.141 e. The van der Waals surface area contributed by atoms with Crippen LogP contribution in [0.2, 0.25) is 0 Å². The van der Waals surface area contributed by atoms with Crippen LogP contribution in [0.4, 0.5) is 0 Å². The quantitative estimate of drug-likeness (QED) is 0.874. The molecule has 19 heavy (non-hydrogen) atoms. The number of hydrogen-bond acceptors (Lipinski definition) is 5. The van der Waals surface area contributed by atoms with E-state index in [0.717, 1.165) is 30.2 Å². The van der Waals surface area contributed by atoms with Gasteiger partial charge in [-0.25, -0.2) is 0 Å². The summed E-state index contributed by atoms with van der Waals surface area (Å²) in [5.74, 6) is 1.49. The van der Waals surface area contributed by atoms with E-state index in [1.807, 2.05) is 18.2 Å². The first kappa shape index (κ1) is 14.1. The van der Waals surface area contributed by atoms with Crippen LogP contribution in [0.3, 0.4) is 0 Å². The van der Waals surface area contributed by atoms with Crippen LogP contribution in [0.1, 0.15) is 18.7 Å². The van der Waals surface area contributed by atoms with Gasteiger partial charge >= 0.3 is 0 Å². The molecule has 1 aliphatic rings. The lowest BCUT2D eigenvalue weighted by Gasteiger charge is -2.23. The van der Waals surface area contributed by atoms with E-state index >= 15 is 0 Å². The summed E-state index contributed by atoms with van der Waals surface area (Å²) >= 11 is 0. The molecule has 1 heterocycles. The fourth-order valence-electron chi connectivity index (χ4n) is 2.36. The van der Waals surface area contributed by atoms with E-state index in [2.05, 4.69) is 11.8 Å². The first-order valence-corrected chi connectivity index (χ1v) is 6.45. The number of methoxy groups -OCH3 is 2. The van der Waals surface area contributed by atoms with Gasteiger partial charge < -0.3 is 19.3 Å². The summed E-state index contributed by atoms with van der Waals surface area (Å²) in [4.78, 5) is 2.17. The molecule has 106 valence electrons. The van der Waals surface area contributed by atoms with E-state index in [1.54, 1.807) is 14.2 Å². The molecule has 2 unspecified atom stereocenters. The van der Waals surface area contributed by atoms with Gasteiger partial charge in [0, 0.05) is 18.2 Å². The summed E-state index contributed by atoms with van der Waals surface area (Å²) in [6.07, 6.45) is -0.320. The van der Waals surface area contributed by atoms with Crippen molar-refractivity contribution >= 4 is 0 Å². The standard InChI is InChI=1S/C14H21NO4/c1-4-15-8-11(9-16)19-14(15)12-6-5-10(17-2)7-13(12)18-3/h5-7,11,14,16H,4,8-9H2,1-3H3. The van der Waals surface area contributed by atoms with Crippen molar-refractivity contribution < 1.29 is 19.3 Å². The molecule has 0 aromatic heterocycles. The van der Waals surface area contributed by atoms with E-state index in [-0.39, 0.29) is 18.9 Å². The van der Waals surface area contributed by atoms with Crippen LogP contribution < -0.4 is 9.47 Å². The van der Waals surface area contributed by atoms with Gasteiger partial charge in [-0.3, -0.25) is 4.90 Å². The van der Waals surface area contributed by atoms with Crippen LogP contribution in [0.15, 0.2) is 18.2 Å². The number of aliphatic hydroxyl groups is 1. The first-order chi connectivity index (χ1) is 9.23. The lowest BCUT2D eigenvalue weighted by Crippen LogP contribution is -2.25. The largest absolute Gasteiger partial charge is 0.497 e. The first-order valence-electron chi connectivity index (χ1n) is 6.45. The van der Waals surface area contributed by atoms with Crippen molar-refractivity contribution in [1.82, 2.24) is 4.90 Å². The van der Waals surface area contributed by atoms with E-state index in [9.17, 15) is 5.11 Å². The summed E-state index contributed by atoms with van der Waals surface area (Å²) in [6, 6.07) is 5.69. The van der Waals surface area contributed by atoms with Crippen LogP contribution in [-0.2, 0) is 4.74 Å². The summed E-state index contributed by atoms with van der Waals surface area (Å²) in [5, 5.41) is 9.25. The van der Waals surface area contributed by atoms with Gasteiger partial charge in [-0.15, -0.1) is 0 Å². The van der Waals surface area contributed by atoms with Gasteiger partial charge in [0.25, 0.3) is 0 Å². The third kappa shape index (κ3) is 2.83. The Kier molecular flexibility index (Phi) is 4.63. The Morgan fingerprint density at radius 2 is 2.16 bits per heavy atom. The zero-order valence-electron chi connectivity index (χ0n) is 11.6. The molecule has 5 nitrogen and oxygen atoms in total. The van der Waals surface area contributed by atoms with Crippen LogP contribution in [-0.4, -0.2) is 50.0 Å². The van der Waals surface area contributed by atoms with Crippen LogP contribution in [0.5, 0.6) is 11.5 Å². The van der Waals surface area contributed by atoms with Gasteiger partial charge in [0.05, 0.1) is 26.9 Å². The van der Waals surface area contributed by atoms with Crippen molar-refractivity contribution in [1.29, 1.82) is 0 Å². The Morgan fingerprint density at radius 3 is 2.74 bits per heavy atom. The third-order valence-corrected chi connectivity index (χ3v) is 3.41. The zero-order valence-corrected chi connectivity index (χ0v) is 11.6. The highest BCUT2D eigenvalue weighted by Crippen LogP contribution is 2.37. The number of nitrogens with zero attached hydrogens (tertiary/aromatic N) is 1. The Labute approximate surface area is 113 Å². The molecule has 0 radical (unpaired) electrons. The van der Waals surface area contributed by atoms with Crippen molar-refractivity contribution in [2.24, 2.45) is 0 Å². The predicted molar refractivity (Wildman–Crippen MR) is 71.5 cm³/mol. The summed E-state index contributed by atoms with van der Waals surface area (Å²) < 4.78 is 16.5. The Bertz CT molecular complexity index is 424. The minimum absolute atomic E-state index is 0.0332. The Morgan fingerprint density at radius 1 is 1.37 bits per heavy atom. The summed E-state index contributed by atoms with van der Waals surface area (Å²) in [5.41, 5.74) is 0.959. The fraction of sp³-hybridized carbons (Fsp3) is 0.571. The van der Waals surface area contributed by atoms with Gasteiger partial charge in [0.15, 0.2) is 0 Å². The van der Waals surface area contributed by atoms with Crippen molar-refractivity contribution in [3.63, 3.8) is 0 Å². The fourth-order valence-corrected chi connectivity index (χ4v) is 2.36. The number of ether oxygens (including phenoxy) is 3. The molecular weight excluding hydrogens is 246 g/mol. The smallest absolute Gasteiger partial charge is 0.141 e. The molecule has 0 saturated carbocycles. The van der Waals surface area contributed by atoms with Crippen molar-refractivity contribution in [3.8, 4) is 11.5 Å². The second-order valence-electron chi connectivity index (χ2n) is 4.49. The lowest BCUT2D eigenvalue weighted by molar-refractivity contribution is -0.0195. The molecule has 1 fully saturated rings. The third-order valence-electron chi connectivity index (χ3n) is 3.41. The summed E-state index contributed by atoms with van der Waals surface area (Å²) in [7, 11) is 3.26. The number of hydrogen-bond donors (Lipinski definition) is 1. The average Bonchev–Trinajstić information content (AvgIpc) is 2.89. The molecule has 1 saturated heterocycles. The lowest BCUT2D eigenvalue weighted by atomic mass is 10.1. The molecule has 1 aromatic carbocycles. The van der Waals surface area contributed by atoms with E-state index in [1.165, 1.54) is 0 Å². The normalized spacial score (nSPS) is 23.6.